The third kappa shape index (κ3) is 3.68. The molecular weight excluding hydrogens is 358 g/mol. The smallest absolute Gasteiger partial charge is 0.274 e. The number of benzene rings is 2. The number of rotatable bonds is 5. The lowest BCUT2D eigenvalue weighted by Gasteiger charge is -2.12. The maximum absolute atomic E-state index is 12.4. The number of nitrogens with one attached hydrogen (secondary N) is 2. The van der Waals surface area contributed by atoms with Crippen LogP contribution in [-0.4, -0.2) is 24.8 Å². The Hall–Kier alpha value is -3.74. The van der Waals surface area contributed by atoms with Crippen molar-refractivity contribution in [3.05, 3.63) is 66.0 Å². The number of methoxy groups -OCH3 is 1. The second kappa shape index (κ2) is 7.48. The van der Waals surface area contributed by atoms with E-state index in [1.807, 2.05) is 25.1 Å². The van der Waals surface area contributed by atoms with Crippen LogP contribution in [0.3, 0.4) is 0 Å². The van der Waals surface area contributed by atoms with Gasteiger partial charge in [-0.25, -0.2) is 4.98 Å². The van der Waals surface area contributed by atoms with E-state index in [9.17, 15) is 4.79 Å². The number of fused-ring (bicyclic) bond motifs is 1. The minimum absolute atomic E-state index is 0.189. The predicted molar refractivity (Wildman–Crippen MR) is 106 cm³/mol. The Labute approximate surface area is 162 Å². The Kier molecular flexibility index (Phi) is 4.72. The van der Waals surface area contributed by atoms with Crippen LogP contribution in [-0.2, 0) is 0 Å². The van der Waals surface area contributed by atoms with E-state index in [4.69, 9.17) is 14.2 Å². The molecule has 4 rings (SSSR count). The van der Waals surface area contributed by atoms with Gasteiger partial charge in [-0.3, -0.25) is 4.79 Å². The number of pyridine rings is 1. The third-order valence-electron chi connectivity index (χ3n) is 4.26. The van der Waals surface area contributed by atoms with Crippen molar-refractivity contribution in [1.82, 2.24) is 4.98 Å². The lowest BCUT2D eigenvalue weighted by Crippen LogP contribution is -2.13. The molecule has 0 saturated heterocycles. The van der Waals surface area contributed by atoms with Crippen molar-refractivity contribution < 1.29 is 19.0 Å². The highest BCUT2D eigenvalue weighted by Crippen LogP contribution is 2.34. The lowest BCUT2D eigenvalue weighted by atomic mass is 10.2. The van der Waals surface area contributed by atoms with Gasteiger partial charge in [-0.15, -0.1) is 0 Å². The summed E-state index contributed by atoms with van der Waals surface area (Å²) in [6, 6.07) is 14.6. The molecule has 0 bridgehead atoms. The fourth-order valence-electron chi connectivity index (χ4n) is 2.85. The van der Waals surface area contributed by atoms with Crippen LogP contribution in [0.15, 0.2) is 54.7 Å². The Morgan fingerprint density at radius 3 is 2.64 bits per heavy atom. The molecule has 1 amide bonds. The molecule has 0 aliphatic carbocycles. The topological polar surface area (TPSA) is 81.7 Å². The molecule has 1 aliphatic heterocycles. The summed E-state index contributed by atoms with van der Waals surface area (Å²) in [5, 5.41) is 6.06. The van der Waals surface area contributed by atoms with Gasteiger partial charge in [-0.2, -0.15) is 0 Å². The van der Waals surface area contributed by atoms with Crippen molar-refractivity contribution in [1.29, 1.82) is 0 Å². The van der Waals surface area contributed by atoms with E-state index in [0.29, 0.717) is 22.9 Å². The number of anilines is 3. The van der Waals surface area contributed by atoms with E-state index < -0.39 is 0 Å². The molecule has 1 aromatic heterocycles. The Balaban J connectivity index is 1.46. The second-order valence-electron chi connectivity index (χ2n) is 6.28. The van der Waals surface area contributed by atoms with E-state index in [0.717, 1.165) is 22.7 Å². The normalized spacial score (nSPS) is 11.8. The Morgan fingerprint density at radius 2 is 1.86 bits per heavy atom. The molecule has 2 aromatic carbocycles. The van der Waals surface area contributed by atoms with Crippen molar-refractivity contribution in [2.45, 2.75) is 6.92 Å². The minimum Gasteiger partial charge on any atom is -0.495 e. The molecule has 0 radical (unpaired) electrons. The molecule has 28 heavy (non-hydrogen) atoms. The second-order valence-corrected chi connectivity index (χ2v) is 6.28. The van der Waals surface area contributed by atoms with Crippen LogP contribution in [0, 0.1) is 6.92 Å². The highest BCUT2D eigenvalue weighted by atomic mass is 16.7. The van der Waals surface area contributed by atoms with Gasteiger partial charge in [0, 0.05) is 11.8 Å². The van der Waals surface area contributed by atoms with Crippen molar-refractivity contribution in [2.24, 2.45) is 0 Å². The number of hydrogen-bond acceptors (Lipinski definition) is 6. The van der Waals surface area contributed by atoms with E-state index in [1.54, 1.807) is 43.6 Å². The molecular formula is C21H19N3O4. The number of carbonyl (C=O) groups excluding carboxylic acids is 1. The van der Waals surface area contributed by atoms with Crippen LogP contribution in [0.1, 0.15) is 16.1 Å². The number of carbonyl (C=O) groups is 1. The zero-order valence-electron chi connectivity index (χ0n) is 15.5. The highest BCUT2D eigenvalue weighted by molar-refractivity contribution is 6.03. The van der Waals surface area contributed by atoms with Crippen molar-refractivity contribution in [2.75, 3.05) is 24.5 Å². The summed E-state index contributed by atoms with van der Waals surface area (Å²) in [6.07, 6.45) is 1.61. The third-order valence-corrected chi connectivity index (χ3v) is 4.26. The Bertz CT molecular complexity index is 1020. The van der Waals surface area contributed by atoms with Crippen LogP contribution < -0.4 is 24.8 Å². The summed E-state index contributed by atoms with van der Waals surface area (Å²) in [5.74, 6) is 1.70. The standard InChI is InChI=1S/C21H19N3O4/c1-13-3-7-18(26-2)17(9-13)23-15-4-6-16(22-11-15)21(25)24-14-5-8-19-20(10-14)28-12-27-19/h3-11,23H,12H2,1-2H3,(H,24,25). The van der Waals surface area contributed by atoms with E-state index in [1.165, 1.54) is 0 Å². The van der Waals surface area contributed by atoms with Gasteiger partial charge in [0.15, 0.2) is 11.5 Å². The van der Waals surface area contributed by atoms with E-state index in [2.05, 4.69) is 15.6 Å². The van der Waals surface area contributed by atoms with Crippen molar-refractivity contribution in [3.8, 4) is 17.2 Å². The van der Waals surface area contributed by atoms with E-state index in [-0.39, 0.29) is 12.7 Å². The lowest BCUT2D eigenvalue weighted by molar-refractivity contribution is 0.102. The van der Waals surface area contributed by atoms with Gasteiger partial charge in [0.05, 0.1) is 24.7 Å². The number of ether oxygens (including phenoxy) is 3. The first-order valence-corrected chi connectivity index (χ1v) is 8.71. The summed E-state index contributed by atoms with van der Waals surface area (Å²) in [4.78, 5) is 16.7. The summed E-state index contributed by atoms with van der Waals surface area (Å²) in [7, 11) is 1.62. The summed E-state index contributed by atoms with van der Waals surface area (Å²) < 4.78 is 16.0. The average molecular weight is 377 g/mol. The van der Waals surface area contributed by atoms with Gasteiger partial charge in [-0.05, 0) is 48.9 Å². The maximum Gasteiger partial charge on any atom is 0.274 e. The van der Waals surface area contributed by atoms with Gasteiger partial charge in [0.1, 0.15) is 11.4 Å². The minimum atomic E-state index is -0.307. The van der Waals surface area contributed by atoms with E-state index >= 15 is 0 Å². The van der Waals surface area contributed by atoms with Gasteiger partial charge >= 0.3 is 0 Å². The summed E-state index contributed by atoms with van der Waals surface area (Å²) in [5.41, 5.74) is 3.61. The largest absolute Gasteiger partial charge is 0.495 e. The number of aryl methyl sites for hydroxylation is 1. The average Bonchev–Trinajstić information content (AvgIpc) is 3.16. The zero-order chi connectivity index (χ0) is 19.5. The van der Waals surface area contributed by atoms with Crippen molar-refractivity contribution >= 4 is 23.0 Å². The first-order chi connectivity index (χ1) is 13.6. The highest BCUT2D eigenvalue weighted by Gasteiger charge is 2.15. The predicted octanol–water partition coefficient (Wildman–Crippen LogP) is 4.12. The number of aromatic nitrogens is 1. The molecule has 1 aliphatic rings. The zero-order valence-corrected chi connectivity index (χ0v) is 15.5. The molecule has 2 N–H and O–H groups in total. The molecule has 3 aromatic rings. The van der Waals surface area contributed by atoms with Gasteiger partial charge in [-0.1, -0.05) is 6.07 Å². The van der Waals surface area contributed by atoms with Gasteiger partial charge in [0.2, 0.25) is 6.79 Å². The monoisotopic (exact) mass is 377 g/mol. The van der Waals surface area contributed by atoms with Gasteiger partial charge in [0.25, 0.3) is 5.91 Å². The summed E-state index contributed by atoms with van der Waals surface area (Å²) >= 11 is 0. The van der Waals surface area contributed by atoms with Crippen molar-refractivity contribution in [3.63, 3.8) is 0 Å². The molecule has 0 saturated carbocycles. The molecule has 2 heterocycles. The maximum atomic E-state index is 12.4. The fraction of sp³-hybridized carbons (Fsp3) is 0.143. The number of amides is 1. The fourth-order valence-corrected chi connectivity index (χ4v) is 2.85. The quantitative estimate of drug-likeness (QED) is 0.696. The SMILES string of the molecule is COc1ccc(C)cc1Nc1ccc(C(=O)Nc2ccc3c(c2)OCO3)nc1. The molecule has 7 nitrogen and oxygen atoms in total. The Morgan fingerprint density at radius 1 is 1.04 bits per heavy atom. The molecule has 7 heteroatoms. The van der Waals surface area contributed by atoms with Crippen LogP contribution in [0.25, 0.3) is 0 Å². The van der Waals surface area contributed by atoms with Crippen LogP contribution in [0.4, 0.5) is 17.1 Å². The van der Waals surface area contributed by atoms with Crippen LogP contribution >= 0.6 is 0 Å². The van der Waals surface area contributed by atoms with Gasteiger partial charge < -0.3 is 24.8 Å². The molecule has 0 fully saturated rings. The summed E-state index contributed by atoms with van der Waals surface area (Å²) in [6.45, 7) is 2.20. The van der Waals surface area contributed by atoms with Crippen LogP contribution in [0.5, 0.6) is 17.2 Å². The first-order valence-electron chi connectivity index (χ1n) is 8.71. The molecule has 0 spiro atoms. The first kappa shape index (κ1) is 17.7. The molecule has 0 unspecified atom stereocenters. The number of hydrogen-bond donors (Lipinski definition) is 2. The number of nitrogens with zero attached hydrogens (tertiary/aromatic N) is 1. The molecule has 142 valence electrons. The van der Waals surface area contributed by atoms with Crippen LogP contribution in [0.2, 0.25) is 0 Å². The molecule has 0 atom stereocenters.